The summed E-state index contributed by atoms with van der Waals surface area (Å²) in [7, 11) is -19.5. The van der Waals surface area contributed by atoms with Crippen LogP contribution in [0, 0.1) is 0 Å². The average molecular weight is 1410 g/mol. The minimum absolute atomic E-state index is 0.0138. The zero-order valence-corrected chi connectivity index (χ0v) is 57.3. The van der Waals surface area contributed by atoms with Crippen molar-refractivity contribution in [2.75, 3.05) is 26.2 Å². The van der Waals surface area contributed by atoms with Gasteiger partial charge in [0, 0.05) is 113 Å². The molecule has 92 heavy (non-hydrogen) atoms. The Bertz CT molecular complexity index is 4020. The molecule has 0 saturated heterocycles. The first-order valence-corrected chi connectivity index (χ1v) is 36.2. The molecule has 0 radical (unpaired) electrons. The van der Waals surface area contributed by atoms with Gasteiger partial charge in [-0.05, 0) is 148 Å². The predicted octanol–water partition coefficient (Wildman–Crippen LogP) is 14.8. The molecule has 0 aliphatic heterocycles. The Kier molecular flexibility index (Phi) is 20.8. The van der Waals surface area contributed by atoms with Crippen LogP contribution in [-0.2, 0) is 53.6 Å². The first-order valence-electron chi connectivity index (χ1n) is 29.1. The Morgan fingerprint density at radius 2 is 0.511 bits per heavy atom. The van der Waals surface area contributed by atoms with Gasteiger partial charge in [-0.1, -0.05) is 102 Å². The lowest BCUT2D eigenvalue weighted by Gasteiger charge is -2.30. The van der Waals surface area contributed by atoms with Crippen molar-refractivity contribution >= 4 is 86.9 Å². The molecule has 26 heteroatoms. The molecule has 8 aromatic carbocycles. The Balaban J connectivity index is 1.45. The first-order chi connectivity index (χ1) is 43.3. The van der Waals surface area contributed by atoms with Crippen LogP contribution in [0.4, 0.5) is 0 Å². The second-order valence-corrected chi connectivity index (χ2v) is 30.0. The van der Waals surface area contributed by atoms with Crippen molar-refractivity contribution in [2.24, 2.45) is 0 Å². The maximum atomic E-state index is 14.6. The molecule has 488 valence electrons. The number of phenols is 4. The molecule has 4 N–H and O–H groups in total. The van der Waals surface area contributed by atoms with Crippen LogP contribution in [0.2, 0.25) is 20.1 Å². The number of rotatable bonds is 20. The van der Waals surface area contributed by atoms with Crippen LogP contribution in [0.3, 0.4) is 0 Å². The first kappa shape index (κ1) is 69.4. The number of aromatic hydroxyl groups is 4. The van der Waals surface area contributed by atoms with Gasteiger partial charge in [-0.25, -0.2) is 0 Å². The number of hydrogen-bond acceptors (Lipinski definition) is 18. The van der Waals surface area contributed by atoms with Crippen molar-refractivity contribution in [3.8, 4) is 46.0 Å². The average Bonchev–Trinajstić information content (AvgIpc) is 0.758. The zero-order valence-electron chi connectivity index (χ0n) is 51.0. The van der Waals surface area contributed by atoms with Crippen LogP contribution in [0.15, 0.2) is 153 Å². The summed E-state index contributed by atoms with van der Waals surface area (Å²) in [5.74, 6) is -8.71. The summed E-state index contributed by atoms with van der Waals surface area (Å²) in [6.07, 6.45) is 0. The third kappa shape index (κ3) is 14.4. The topological polar surface area (TPSA) is 261 Å². The van der Waals surface area contributed by atoms with E-state index in [0.717, 1.165) is 12.1 Å². The normalized spacial score (nSPS) is 16.2. The highest BCUT2D eigenvalue weighted by molar-refractivity contribution is 7.88. The molecule has 4 atom stereocenters. The fraction of sp³-hybridized carbons (Fsp3) is 0.273. The van der Waals surface area contributed by atoms with Gasteiger partial charge >= 0.3 is 40.5 Å². The van der Waals surface area contributed by atoms with Gasteiger partial charge in [-0.2, -0.15) is 33.7 Å². The summed E-state index contributed by atoms with van der Waals surface area (Å²) >= 11 is 24.8. The molecule has 9 rings (SSSR count). The fourth-order valence-electron chi connectivity index (χ4n) is 11.1. The zero-order chi connectivity index (χ0) is 67.1. The molecule has 18 nitrogen and oxygen atoms in total. The highest BCUT2D eigenvalue weighted by Gasteiger charge is 2.37. The fourth-order valence-corrected chi connectivity index (χ4v) is 15.4. The lowest BCUT2D eigenvalue weighted by atomic mass is 9.79. The van der Waals surface area contributed by atoms with E-state index in [1.54, 1.807) is 27.7 Å². The monoisotopic (exact) mass is 1410 g/mol. The highest BCUT2D eigenvalue weighted by atomic mass is 35.5. The lowest BCUT2D eigenvalue weighted by Crippen LogP contribution is -2.23. The number of hydrogen-bond donors (Lipinski definition) is 4. The molecule has 0 unspecified atom stereocenters. The van der Waals surface area contributed by atoms with E-state index in [0.29, 0.717) is 26.2 Å². The van der Waals surface area contributed by atoms with Crippen LogP contribution >= 0.6 is 46.4 Å². The molecular formula is C66H66Cl4N2O16S4. The van der Waals surface area contributed by atoms with E-state index in [-0.39, 0.29) is 108 Å². The second-order valence-electron chi connectivity index (χ2n) is 22.1. The van der Waals surface area contributed by atoms with E-state index >= 15 is 0 Å². The Labute approximate surface area is 556 Å². The Hall–Kier alpha value is -6.96. The standard InChI is InChI=1S/C66H66Cl4N2O16S4/c1-9-71(10-2)35-57-63(73)53-31-54(64(57)74)38(6)50-30-52(62(88-92(83,84)48-27-19-44(70)20-28-48)34-60(50)86-90(79,80)46-23-15-42(68)16-24-46)40(8)56-32-55(65(75)58(66(56)76)36-72(11-3)12-4)39(7)51-29-49(37(53)5)59(85-89(77,78)45-21-13-41(67)14-22-45)33-61(51)87-91(81,82)47-25-17-43(69)18-26-47/h13-34,37-40,73-76H,9-12,35-36H2,1-8H3/t37-,38+,39+,40-. The number of benzene rings is 8. The summed E-state index contributed by atoms with van der Waals surface area (Å²) < 4.78 is 141. The van der Waals surface area contributed by atoms with Crippen LogP contribution in [0.5, 0.6) is 46.0 Å². The third-order valence-corrected chi connectivity index (χ3v) is 22.6. The van der Waals surface area contributed by atoms with E-state index in [1.807, 2.05) is 37.5 Å². The van der Waals surface area contributed by atoms with Crippen LogP contribution < -0.4 is 16.7 Å². The highest BCUT2D eigenvalue weighted by Crippen LogP contribution is 2.53. The molecule has 1 aliphatic rings. The smallest absolute Gasteiger partial charge is 0.339 e. The van der Waals surface area contributed by atoms with E-state index in [4.69, 9.17) is 63.1 Å². The van der Waals surface area contributed by atoms with Gasteiger partial charge in [0.2, 0.25) is 0 Å². The van der Waals surface area contributed by atoms with Crippen LogP contribution in [-0.4, -0.2) is 90.1 Å². The van der Waals surface area contributed by atoms with E-state index in [2.05, 4.69) is 0 Å². The molecule has 8 aromatic rings. The summed E-state index contributed by atoms with van der Waals surface area (Å²) in [5.41, 5.74) is 0.0225. The minimum Gasteiger partial charge on any atom is -0.507 e. The number of phenolic OH excluding ortho intramolecular Hbond substituents is 4. The molecule has 0 saturated carbocycles. The lowest BCUT2D eigenvalue weighted by molar-refractivity contribution is 0.284. The summed E-state index contributed by atoms with van der Waals surface area (Å²) in [6.45, 7) is 15.3. The summed E-state index contributed by atoms with van der Waals surface area (Å²) in [6, 6.07) is 28.1. The molecule has 0 amide bonds. The van der Waals surface area contributed by atoms with Crippen LogP contribution in [0.1, 0.15) is 135 Å². The number of nitrogens with zero attached hydrogens (tertiary/aromatic N) is 2. The Morgan fingerprint density at radius 3 is 0.696 bits per heavy atom. The van der Waals surface area contributed by atoms with Crippen molar-refractivity contribution in [1.29, 1.82) is 0 Å². The molecular weight excluding hydrogens is 1350 g/mol. The summed E-state index contributed by atoms with van der Waals surface area (Å²) in [5, 5.41) is 52.1. The quantitative estimate of drug-likeness (QED) is 0.0517. The largest absolute Gasteiger partial charge is 0.507 e. The maximum absolute atomic E-state index is 14.6. The van der Waals surface area contributed by atoms with Gasteiger partial charge in [0.05, 0.1) is 11.1 Å². The van der Waals surface area contributed by atoms with Gasteiger partial charge in [-0.3, -0.25) is 9.80 Å². The third-order valence-electron chi connectivity index (χ3n) is 16.6. The summed E-state index contributed by atoms with van der Waals surface area (Å²) in [4.78, 5) is 2.34. The van der Waals surface area contributed by atoms with Gasteiger partial charge in [0.1, 0.15) is 42.6 Å². The van der Waals surface area contributed by atoms with Gasteiger partial charge in [-0.15, -0.1) is 0 Å². The van der Waals surface area contributed by atoms with E-state index in [9.17, 15) is 54.1 Å². The second kappa shape index (κ2) is 27.5. The van der Waals surface area contributed by atoms with Crippen molar-refractivity contribution in [1.82, 2.24) is 9.80 Å². The molecule has 0 fully saturated rings. The molecule has 0 spiro atoms. The van der Waals surface area contributed by atoms with E-state index < -0.39 is 110 Å². The van der Waals surface area contributed by atoms with Crippen molar-refractivity contribution < 1.29 is 70.8 Å². The molecule has 0 aromatic heterocycles. The molecule has 8 bridgehead atoms. The van der Waals surface area contributed by atoms with E-state index in [1.165, 1.54) is 121 Å². The minimum atomic E-state index is -4.87. The van der Waals surface area contributed by atoms with Crippen LogP contribution in [0.25, 0.3) is 0 Å². The SMILES string of the molecule is CCN(CC)Cc1c(O)c2cc(c1O)[C@@H](C)c1cc(c(OS(=O)(=O)c3ccc(Cl)cc3)cc1OS(=O)(=O)c1ccc(Cl)cc1)[C@@H](C)c1cc(c(O)c(CN(CC)CC)c1O)[C@@H](C)c1cc(c(OS(=O)(=O)c3ccc(Cl)cc3)cc1OS(=O)(=O)c1ccc(Cl)cc1)[C@H]2C. The van der Waals surface area contributed by atoms with Crippen molar-refractivity contribution in [3.63, 3.8) is 0 Å². The number of fused-ring (bicyclic) bond motifs is 8. The van der Waals surface area contributed by atoms with Crippen molar-refractivity contribution in [3.05, 3.63) is 209 Å². The predicted molar refractivity (Wildman–Crippen MR) is 353 cm³/mol. The number of halogens is 4. The molecule has 0 heterocycles. The molecule has 1 aliphatic carbocycles. The van der Waals surface area contributed by atoms with Crippen molar-refractivity contribution in [2.45, 2.75) is 112 Å². The maximum Gasteiger partial charge on any atom is 0.339 e. The van der Waals surface area contributed by atoms with Gasteiger partial charge in [0.15, 0.2) is 23.0 Å². The Morgan fingerprint density at radius 1 is 0.326 bits per heavy atom. The van der Waals surface area contributed by atoms with Gasteiger partial charge < -0.3 is 37.2 Å². The van der Waals surface area contributed by atoms with Gasteiger partial charge in [0.25, 0.3) is 0 Å².